The molecule has 1 aromatic carbocycles. The number of aryl methyl sites for hydroxylation is 1. The van der Waals surface area contributed by atoms with Crippen LogP contribution in [0.4, 0.5) is 5.69 Å². The van der Waals surface area contributed by atoms with Crippen LogP contribution in [0.1, 0.15) is 24.8 Å². The highest BCUT2D eigenvalue weighted by molar-refractivity contribution is 8.14. The maximum absolute atomic E-state index is 6.32. The monoisotopic (exact) mass is 314 g/mol. The number of benzene rings is 1. The van der Waals surface area contributed by atoms with Gasteiger partial charge in [-0.2, -0.15) is 0 Å². The standard InChI is InChI=1S/C14H16Cl2N2S/c1-8-5-6-10(15)13(12(8)16)18-14-17-11-4-2-3-9(11)7-19-14/h5-6,9,11H,2-4,7H2,1H3,(H,17,18). The fraction of sp³-hybridized carbons (Fsp3) is 0.500. The summed E-state index contributed by atoms with van der Waals surface area (Å²) >= 11 is 14.3. The van der Waals surface area contributed by atoms with Crippen LogP contribution in [0.25, 0.3) is 0 Å². The first-order chi connectivity index (χ1) is 9.15. The Kier molecular flexibility index (Phi) is 3.97. The highest BCUT2D eigenvalue weighted by Crippen LogP contribution is 2.38. The average Bonchev–Trinajstić information content (AvgIpc) is 2.86. The first-order valence-electron chi connectivity index (χ1n) is 6.57. The van der Waals surface area contributed by atoms with Crippen molar-refractivity contribution < 1.29 is 0 Å². The van der Waals surface area contributed by atoms with Crippen molar-refractivity contribution in [3.8, 4) is 0 Å². The summed E-state index contributed by atoms with van der Waals surface area (Å²) in [7, 11) is 0. The second kappa shape index (κ2) is 5.55. The van der Waals surface area contributed by atoms with Crippen molar-refractivity contribution >= 4 is 45.8 Å². The Bertz CT molecular complexity index is 530. The Labute approximate surface area is 128 Å². The number of nitrogens with zero attached hydrogens (tertiary/aromatic N) is 1. The van der Waals surface area contributed by atoms with Crippen molar-refractivity contribution in [2.24, 2.45) is 10.9 Å². The van der Waals surface area contributed by atoms with Crippen LogP contribution in [0.3, 0.4) is 0 Å². The van der Waals surface area contributed by atoms with Crippen molar-refractivity contribution in [1.29, 1.82) is 0 Å². The average molecular weight is 315 g/mol. The molecule has 1 aromatic rings. The lowest BCUT2D eigenvalue weighted by atomic mass is 10.1. The maximum Gasteiger partial charge on any atom is 0.161 e. The van der Waals surface area contributed by atoms with Gasteiger partial charge in [-0.3, -0.25) is 4.99 Å². The zero-order valence-electron chi connectivity index (χ0n) is 10.7. The molecule has 5 heteroatoms. The van der Waals surface area contributed by atoms with E-state index in [-0.39, 0.29) is 0 Å². The summed E-state index contributed by atoms with van der Waals surface area (Å²) in [4.78, 5) is 4.80. The summed E-state index contributed by atoms with van der Waals surface area (Å²) in [6, 6.07) is 4.29. The Morgan fingerprint density at radius 3 is 3.00 bits per heavy atom. The van der Waals surface area contributed by atoms with Crippen LogP contribution in [0, 0.1) is 12.8 Å². The van der Waals surface area contributed by atoms with Gasteiger partial charge in [0.15, 0.2) is 5.17 Å². The molecule has 0 spiro atoms. The van der Waals surface area contributed by atoms with Gasteiger partial charge in [0.05, 0.1) is 21.8 Å². The van der Waals surface area contributed by atoms with Crippen LogP contribution in [0.15, 0.2) is 17.1 Å². The van der Waals surface area contributed by atoms with Crippen molar-refractivity contribution in [1.82, 2.24) is 0 Å². The fourth-order valence-electron chi connectivity index (χ4n) is 2.70. The number of hydrogen-bond acceptors (Lipinski definition) is 3. The summed E-state index contributed by atoms with van der Waals surface area (Å²) in [6.07, 6.45) is 3.84. The lowest BCUT2D eigenvalue weighted by molar-refractivity contribution is 0.535. The lowest BCUT2D eigenvalue weighted by Gasteiger charge is -2.24. The van der Waals surface area contributed by atoms with Crippen LogP contribution in [-0.2, 0) is 0 Å². The molecule has 0 amide bonds. The topological polar surface area (TPSA) is 24.4 Å². The number of amidine groups is 1. The highest BCUT2D eigenvalue weighted by Gasteiger charge is 2.31. The minimum absolute atomic E-state index is 0.492. The number of nitrogens with one attached hydrogen (secondary N) is 1. The second-order valence-electron chi connectivity index (χ2n) is 5.18. The van der Waals surface area contributed by atoms with Gasteiger partial charge in [0.2, 0.25) is 0 Å². The van der Waals surface area contributed by atoms with Crippen molar-refractivity contribution in [2.45, 2.75) is 32.2 Å². The zero-order valence-corrected chi connectivity index (χ0v) is 13.1. The predicted molar refractivity (Wildman–Crippen MR) is 85.8 cm³/mol. The molecule has 0 radical (unpaired) electrons. The summed E-state index contributed by atoms with van der Waals surface area (Å²) < 4.78 is 0. The van der Waals surface area contributed by atoms with E-state index in [1.54, 1.807) is 11.8 Å². The van der Waals surface area contributed by atoms with Crippen LogP contribution in [-0.4, -0.2) is 17.0 Å². The molecule has 2 unspecified atom stereocenters. The molecule has 102 valence electrons. The van der Waals surface area contributed by atoms with E-state index in [9.17, 15) is 0 Å². The lowest BCUT2D eigenvalue weighted by Crippen LogP contribution is -2.25. The first kappa shape index (κ1) is 13.6. The molecule has 1 N–H and O–H groups in total. The van der Waals surface area contributed by atoms with Crippen molar-refractivity contribution in [3.63, 3.8) is 0 Å². The van der Waals surface area contributed by atoms with E-state index in [1.807, 2.05) is 19.1 Å². The van der Waals surface area contributed by atoms with Gasteiger partial charge in [-0.15, -0.1) is 0 Å². The van der Waals surface area contributed by atoms with E-state index >= 15 is 0 Å². The predicted octanol–water partition coefficient (Wildman–Crippen LogP) is 4.99. The van der Waals surface area contributed by atoms with Crippen LogP contribution < -0.4 is 5.32 Å². The Morgan fingerprint density at radius 1 is 1.32 bits per heavy atom. The number of hydrogen-bond donors (Lipinski definition) is 1. The third kappa shape index (κ3) is 2.74. The van der Waals surface area contributed by atoms with Gasteiger partial charge >= 0.3 is 0 Å². The molecule has 2 atom stereocenters. The minimum Gasteiger partial charge on any atom is -0.333 e. The Morgan fingerprint density at radius 2 is 2.16 bits per heavy atom. The quantitative estimate of drug-likeness (QED) is 0.790. The van der Waals surface area contributed by atoms with Gasteiger partial charge in [-0.25, -0.2) is 0 Å². The third-order valence-corrected chi connectivity index (χ3v) is 5.73. The number of aliphatic imine (C=N–C) groups is 1. The van der Waals surface area contributed by atoms with Crippen molar-refractivity contribution in [3.05, 3.63) is 27.7 Å². The number of halogens is 2. The van der Waals surface area contributed by atoms with Gasteiger partial charge < -0.3 is 5.32 Å². The first-order valence-corrected chi connectivity index (χ1v) is 8.31. The van der Waals surface area contributed by atoms with E-state index < -0.39 is 0 Å². The van der Waals surface area contributed by atoms with E-state index in [0.29, 0.717) is 16.1 Å². The molecule has 0 aromatic heterocycles. The molecule has 1 heterocycles. The van der Waals surface area contributed by atoms with Crippen LogP contribution in [0.5, 0.6) is 0 Å². The molecule has 2 aliphatic rings. The second-order valence-corrected chi connectivity index (χ2v) is 6.98. The summed E-state index contributed by atoms with van der Waals surface area (Å²) in [5.74, 6) is 1.91. The maximum atomic E-state index is 6.32. The largest absolute Gasteiger partial charge is 0.333 e. The normalized spacial score (nSPS) is 25.9. The minimum atomic E-state index is 0.492. The number of rotatable bonds is 1. The zero-order chi connectivity index (χ0) is 13.4. The molecule has 19 heavy (non-hydrogen) atoms. The molecule has 1 aliphatic carbocycles. The molecule has 3 rings (SSSR count). The van der Waals surface area contributed by atoms with Gasteiger partial charge in [0.25, 0.3) is 0 Å². The molecular weight excluding hydrogens is 299 g/mol. The number of anilines is 1. The fourth-order valence-corrected chi connectivity index (χ4v) is 4.31. The highest BCUT2D eigenvalue weighted by atomic mass is 35.5. The van der Waals surface area contributed by atoms with E-state index in [0.717, 1.165) is 28.1 Å². The smallest absolute Gasteiger partial charge is 0.161 e. The van der Waals surface area contributed by atoms with E-state index in [2.05, 4.69) is 5.32 Å². The van der Waals surface area contributed by atoms with Gasteiger partial charge in [0.1, 0.15) is 0 Å². The van der Waals surface area contributed by atoms with Crippen LogP contribution >= 0.6 is 35.0 Å². The summed E-state index contributed by atoms with van der Waals surface area (Å²) in [6.45, 7) is 1.98. The molecule has 2 nitrogen and oxygen atoms in total. The van der Waals surface area contributed by atoms with Gasteiger partial charge in [-0.05, 0) is 37.3 Å². The summed E-state index contributed by atoms with van der Waals surface area (Å²) in [5, 5.41) is 5.61. The van der Waals surface area contributed by atoms with Crippen LogP contribution in [0.2, 0.25) is 10.0 Å². The summed E-state index contributed by atoms with van der Waals surface area (Å²) in [5.41, 5.74) is 1.81. The van der Waals surface area contributed by atoms with E-state index in [1.165, 1.54) is 19.3 Å². The van der Waals surface area contributed by atoms with Gasteiger partial charge in [-0.1, -0.05) is 47.5 Å². The molecule has 1 saturated carbocycles. The third-order valence-electron chi connectivity index (χ3n) is 3.85. The van der Waals surface area contributed by atoms with Gasteiger partial charge in [0, 0.05) is 5.75 Å². The Balaban J connectivity index is 1.84. The Hall–Kier alpha value is -0.380. The number of fused-ring (bicyclic) bond motifs is 1. The molecule has 1 aliphatic heterocycles. The van der Waals surface area contributed by atoms with E-state index in [4.69, 9.17) is 28.2 Å². The molecule has 1 fully saturated rings. The number of thioether (sulfide) groups is 1. The van der Waals surface area contributed by atoms with Crippen molar-refractivity contribution in [2.75, 3.05) is 11.1 Å². The molecule has 0 bridgehead atoms. The molecular formula is C14H16Cl2N2S. The molecule has 0 saturated heterocycles. The SMILES string of the molecule is Cc1ccc(Cl)c(NC2=NC3CCCC3CS2)c1Cl.